The Morgan fingerprint density at radius 2 is 2.05 bits per heavy atom. The molecular formula is C16H19N5. The lowest BCUT2D eigenvalue weighted by Crippen LogP contribution is -2.17. The zero-order chi connectivity index (χ0) is 14.8. The van der Waals surface area contributed by atoms with E-state index in [0.29, 0.717) is 5.92 Å². The van der Waals surface area contributed by atoms with Crippen LogP contribution in [0.3, 0.4) is 0 Å². The van der Waals surface area contributed by atoms with Crippen molar-refractivity contribution >= 4 is 0 Å². The van der Waals surface area contributed by atoms with E-state index in [1.54, 1.807) is 4.68 Å². The molecule has 2 aromatic rings. The molecule has 0 saturated heterocycles. The Morgan fingerprint density at radius 1 is 1.24 bits per heavy atom. The number of likely N-dealkylation sites (N-methyl/N-ethyl adjacent to an activating group) is 1. The van der Waals surface area contributed by atoms with Crippen LogP contribution in [0, 0.1) is 0 Å². The molecule has 3 rings (SSSR count). The van der Waals surface area contributed by atoms with Gasteiger partial charge in [-0.1, -0.05) is 42.5 Å². The molecule has 0 spiro atoms. The van der Waals surface area contributed by atoms with Gasteiger partial charge in [0.05, 0.1) is 0 Å². The smallest absolute Gasteiger partial charge is 0.182 e. The van der Waals surface area contributed by atoms with Crippen molar-refractivity contribution in [2.24, 2.45) is 7.05 Å². The Labute approximate surface area is 124 Å². The average molecular weight is 281 g/mol. The molecule has 1 unspecified atom stereocenters. The number of hydrogen-bond donors (Lipinski definition) is 0. The molecule has 1 aromatic heterocycles. The first kappa shape index (κ1) is 13.7. The molecule has 0 amide bonds. The van der Waals surface area contributed by atoms with Crippen molar-refractivity contribution in [1.82, 2.24) is 25.1 Å². The van der Waals surface area contributed by atoms with E-state index in [4.69, 9.17) is 0 Å². The normalized spacial score (nSPS) is 17.5. The van der Waals surface area contributed by atoms with Gasteiger partial charge in [-0.15, -0.1) is 5.10 Å². The van der Waals surface area contributed by atoms with Gasteiger partial charge in [0.2, 0.25) is 0 Å². The number of allylic oxidation sites excluding steroid dienone is 3. The summed E-state index contributed by atoms with van der Waals surface area (Å²) in [5.41, 5.74) is 3.73. The molecule has 108 valence electrons. The fourth-order valence-corrected chi connectivity index (χ4v) is 2.77. The first-order valence-corrected chi connectivity index (χ1v) is 7.00. The molecule has 0 bridgehead atoms. The van der Waals surface area contributed by atoms with Crippen molar-refractivity contribution in [1.29, 1.82) is 0 Å². The highest BCUT2D eigenvalue weighted by atomic mass is 15.5. The van der Waals surface area contributed by atoms with Crippen molar-refractivity contribution in [3.05, 3.63) is 53.6 Å². The van der Waals surface area contributed by atoms with Gasteiger partial charge in [-0.2, -0.15) is 0 Å². The van der Waals surface area contributed by atoms with Crippen LogP contribution >= 0.6 is 0 Å². The highest BCUT2D eigenvalue weighted by Crippen LogP contribution is 2.35. The summed E-state index contributed by atoms with van der Waals surface area (Å²) in [6, 6.07) is 8.35. The molecule has 1 aliphatic rings. The van der Waals surface area contributed by atoms with Crippen LogP contribution in [0.15, 0.2) is 48.1 Å². The van der Waals surface area contributed by atoms with Gasteiger partial charge in [-0.05, 0) is 35.7 Å². The molecule has 0 saturated carbocycles. The van der Waals surface area contributed by atoms with Crippen molar-refractivity contribution < 1.29 is 0 Å². The van der Waals surface area contributed by atoms with Crippen LogP contribution in [-0.4, -0.2) is 45.7 Å². The topological polar surface area (TPSA) is 46.8 Å². The number of aryl methyl sites for hydroxylation is 1. The second-order valence-corrected chi connectivity index (χ2v) is 5.56. The summed E-state index contributed by atoms with van der Waals surface area (Å²) in [6.07, 6.45) is 6.58. The molecule has 5 nitrogen and oxygen atoms in total. The van der Waals surface area contributed by atoms with Crippen LogP contribution in [-0.2, 0) is 7.05 Å². The summed E-state index contributed by atoms with van der Waals surface area (Å²) in [6.45, 7) is 0.947. The fraction of sp³-hybridized carbons (Fsp3) is 0.312. The van der Waals surface area contributed by atoms with Gasteiger partial charge in [0.15, 0.2) is 5.82 Å². The summed E-state index contributed by atoms with van der Waals surface area (Å²) in [4.78, 5) is 2.19. The maximum Gasteiger partial charge on any atom is 0.182 e. The number of rotatable bonds is 4. The van der Waals surface area contributed by atoms with E-state index in [1.165, 1.54) is 11.1 Å². The number of benzene rings is 1. The molecule has 5 heteroatoms. The molecular weight excluding hydrogens is 262 g/mol. The lowest BCUT2D eigenvalue weighted by Gasteiger charge is -2.20. The molecule has 0 N–H and O–H groups in total. The molecule has 1 atom stereocenters. The Bertz CT molecular complexity index is 696. The monoisotopic (exact) mass is 281 g/mol. The Morgan fingerprint density at radius 3 is 2.76 bits per heavy atom. The van der Waals surface area contributed by atoms with Crippen LogP contribution in [0.25, 0.3) is 11.4 Å². The largest absolute Gasteiger partial charge is 0.305 e. The van der Waals surface area contributed by atoms with Crippen molar-refractivity contribution in [2.75, 3.05) is 20.6 Å². The van der Waals surface area contributed by atoms with Gasteiger partial charge < -0.3 is 4.90 Å². The molecule has 0 aliphatic heterocycles. The predicted molar refractivity (Wildman–Crippen MR) is 82.8 cm³/mol. The summed E-state index contributed by atoms with van der Waals surface area (Å²) in [7, 11) is 6.05. The molecule has 1 heterocycles. The summed E-state index contributed by atoms with van der Waals surface area (Å²) in [5.74, 6) is 1.09. The van der Waals surface area contributed by atoms with E-state index in [1.807, 2.05) is 13.1 Å². The first-order chi connectivity index (χ1) is 10.2. The molecule has 21 heavy (non-hydrogen) atoms. The third kappa shape index (κ3) is 2.64. The second kappa shape index (κ2) is 5.61. The van der Waals surface area contributed by atoms with Crippen LogP contribution in [0.4, 0.5) is 0 Å². The van der Waals surface area contributed by atoms with Crippen LogP contribution in [0.1, 0.15) is 11.5 Å². The third-order valence-electron chi connectivity index (χ3n) is 3.67. The van der Waals surface area contributed by atoms with Crippen LogP contribution < -0.4 is 0 Å². The van der Waals surface area contributed by atoms with Gasteiger partial charge in [-0.3, -0.25) is 0 Å². The minimum atomic E-state index is 0.292. The van der Waals surface area contributed by atoms with Crippen molar-refractivity contribution in [3.8, 4) is 11.4 Å². The zero-order valence-electron chi connectivity index (χ0n) is 12.6. The van der Waals surface area contributed by atoms with E-state index in [9.17, 15) is 0 Å². The van der Waals surface area contributed by atoms with Crippen LogP contribution in [0.2, 0.25) is 0 Å². The zero-order valence-corrected chi connectivity index (χ0v) is 12.6. The van der Waals surface area contributed by atoms with E-state index in [2.05, 4.69) is 70.9 Å². The van der Waals surface area contributed by atoms with Gasteiger partial charge >= 0.3 is 0 Å². The molecule has 1 aromatic carbocycles. The average Bonchev–Trinajstić information content (AvgIpc) is 3.07. The standard InChI is InChI=1S/C16H19N5/c1-20(2)11-12-7-6-10-13(12)14-8-4-5-9-15(14)16-17-18-19-21(16)3/h4-10,13H,11H2,1-3H3. The quantitative estimate of drug-likeness (QED) is 0.860. The van der Waals surface area contributed by atoms with Gasteiger partial charge in [0, 0.05) is 25.1 Å². The van der Waals surface area contributed by atoms with E-state index in [-0.39, 0.29) is 0 Å². The third-order valence-corrected chi connectivity index (χ3v) is 3.67. The summed E-state index contributed by atoms with van der Waals surface area (Å²) >= 11 is 0. The lowest BCUT2D eigenvalue weighted by atomic mass is 9.89. The molecule has 0 radical (unpaired) electrons. The van der Waals surface area contributed by atoms with Crippen molar-refractivity contribution in [3.63, 3.8) is 0 Å². The lowest BCUT2D eigenvalue weighted by molar-refractivity contribution is 0.439. The number of tetrazole rings is 1. The minimum Gasteiger partial charge on any atom is -0.305 e. The number of aromatic nitrogens is 4. The fourth-order valence-electron chi connectivity index (χ4n) is 2.77. The Kier molecular flexibility index (Phi) is 3.66. The van der Waals surface area contributed by atoms with E-state index < -0.39 is 0 Å². The summed E-state index contributed by atoms with van der Waals surface area (Å²) in [5, 5.41) is 11.9. The second-order valence-electron chi connectivity index (χ2n) is 5.56. The van der Waals surface area contributed by atoms with E-state index >= 15 is 0 Å². The Hall–Kier alpha value is -2.27. The Balaban J connectivity index is 2.02. The maximum absolute atomic E-state index is 4.15. The predicted octanol–water partition coefficient (Wildman–Crippen LogP) is 2.02. The van der Waals surface area contributed by atoms with Crippen molar-refractivity contribution in [2.45, 2.75) is 5.92 Å². The molecule has 1 aliphatic carbocycles. The van der Waals surface area contributed by atoms with Gasteiger partial charge in [0.25, 0.3) is 0 Å². The minimum absolute atomic E-state index is 0.292. The highest BCUT2D eigenvalue weighted by Gasteiger charge is 2.22. The highest BCUT2D eigenvalue weighted by molar-refractivity contribution is 5.64. The van der Waals surface area contributed by atoms with Gasteiger partial charge in [-0.25, -0.2) is 4.68 Å². The maximum atomic E-state index is 4.15. The van der Waals surface area contributed by atoms with Crippen LogP contribution in [0.5, 0.6) is 0 Å². The summed E-state index contributed by atoms with van der Waals surface area (Å²) < 4.78 is 1.72. The van der Waals surface area contributed by atoms with Gasteiger partial charge in [0.1, 0.15) is 0 Å². The SMILES string of the molecule is CN(C)CC1=CC=CC1c1ccccc1-c1nnnn1C. The number of hydrogen-bond acceptors (Lipinski definition) is 4. The first-order valence-electron chi connectivity index (χ1n) is 7.00. The molecule has 0 fully saturated rings. The number of nitrogens with zero attached hydrogens (tertiary/aromatic N) is 5. The van der Waals surface area contributed by atoms with E-state index in [0.717, 1.165) is 17.9 Å².